The van der Waals surface area contributed by atoms with Crippen LogP contribution < -0.4 is 5.32 Å². The SMILES string of the molecule is CCNCc1noc(-c2cccc(C)n2)n1. The van der Waals surface area contributed by atoms with Gasteiger partial charge in [-0.05, 0) is 25.6 Å². The maximum absolute atomic E-state index is 5.14. The molecule has 2 heterocycles. The first-order valence-corrected chi connectivity index (χ1v) is 5.27. The van der Waals surface area contributed by atoms with Crippen LogP contribution in [0.3, 0.4) is 0 Å². The van der Waals surface area contributed by atoms with Crippen molar-refractivity contribution in [3.05, 3.63) is 29.7 Å². The number of hydrogen-bond acceptors (Lipinski definition) is 5. The molecule has 0 saturated carbocycles. The molecule has 1 N–H and O–H groups in total. The molecule has 0 bridgehead atoms. The largest absolute Gasteiger partial charge is 0.332 e. The number of aromatic nitrogens is 3. The summed E-state index contributed by atoms with van der Waals surface area (Å²) in [5.74, 6) is 1.12. The van der Waals surface area contributed by atoms with Crippen LogP contribution in [0.5, 0.6) is 0 Å². The monoisotopic (exact) mass is 218 g/mol. The van der Waals surface area contributed by atoms with Crippen LogP contribution in [0.1, 0.15) is 18.4 Å². The van der Waals surface area contributed by atoms with Gasteiger partial charge in [0, 0.05) is 5.69 Å². The Hall–Kier alpha value is -1.75. The topological polar surface area (TPSA) is 63.8 Å². The summed E-state index contributed by atoms with van der Waals surface area (Å²) in [6.07, 6.45) is 0. The number of nitrogens with one attached hydrogen (secondary N) is 1. The van der Waals surface area contributed by atoms with Crippen molar-refractivity contribution in [1.29, 1.82) is 0 Å². The van der Waals surface area contributed by atoms with Gasteiger partial charge in [-0.2, -0.15) is 4.98 Å². The Kier molecular flexibility index (Phi) is 3.26. The molecule has 2 rings (SSSR count). The van der Waals surface area contributed by atoms with Crippen LogP contribution in [0.25, 0.3) is 11.6 Å². The number of rotatable bonds is 4. The van der Waals surface area contributed by atoms with Gasteiger partial charge < -0.3 is 9.84 Å². The summed E-state index contributed by atoms with van der Waals surface area (Å²) in [7, 11) is 0. The Morgan fingerprint density at radius 3 is 2.94 bits per heavy atom. The zero-order valence-corrected chi connectivity index (χ0v) is 9.40. The third-order valence-electron chi connectivity index (χ3n) is 2.11. The van der Waals surface area contributed by atoms with Crippen molar-refractivity contribution in [1.82, 2.24) is 20.4 Å². The maximum Gasteiger partial charge on any atom is 0.276 e. The van der Waals surface area contributed by atoms with Crippen LogP contribution in [0.15, 0.2) is 22.7 Å². The summed E-state index contributed by atoms with van der Waals surface area (Å²) in [5, 5.41) is 7.01. The smallest absolute Gasteiger partial charge is 0.276 e. The van der Waals surface area contributed by atoms with E-state index in [1.807, 2.05) is 32.0 Å². The van der Waals surface area contributed by atoms with Gasteiger partial charge in [-0.3, -0.25) is 0 Å². The van der Waals surface area contributed by atoms with Crippen molar-refractivity contribution < 1.29 is 4.52 Å². The summed E-state index contributed by atoms with van der Waals surface area (Å²) in [6.45, 7) is 5.46. The molecule has 0 fully saturated rings. The Bertz CT molecular complexity index is 467. The molecule has 2 aromatic heterocycles. The molecule has 2 aromatic rings. The molecule has 0 aromatic carbocycles. The predicted molar refractivity (Wildman–Crippen MR) is 59.6 cm³/mol. The van der Waals surface area contributed by atoms with E-state index in [4.69, 9.17) is 4.52 Å². The van der Waals surface area contributed by atoms with Crippen molar-refractivity contribution in [2.24, 2.45) is 0 Å². The van der Waals surface area contributed by atoms with Gasteiger partial charge in [0.1, 0.15) is 5.69 Å². The van der Waals surface area contributed by atoms with Gasteiger partial charge in [0.2, 0.25) is 0 Å². The average Bonchev–Trinajstić information content (AvgIpc) is 2.75. The standard InChI is InChI=1S/C11H14N4O/c1-3-12-7-10-14-11(16-15-10)9-6-4-5-8(2)13-9/h4-6,12H,3,7H2,1-2H3. The Morgan fingerprint density at radius 2 is 2.19 bits per heavy atom. The highest BCUT2D eigenvalue weighted by Gasteiger charge is 2.09. The Labute approximate surface area is 93.9 Å². The Balaban J connectivity index is 2.18. The van der Waals surface area contributed by atoms with E-state index in [2.05, 4.69) is 20.4 Å². The van der Waals surface area contributed by atoms with Crippen molar-refractivity contribution in [3.8, 4) is 11.6 Å². The normalized spacial score (nSPS) is 10.6. The molecule has 0 amide bonds. The van der Waals surface area contributed by atoms with Crippen molar-refractivity contribution in [3.63, 3.8) is 0 Å². The van der Waals surface area contributed by atoms with E-state index in [9.17, 15) is 0 Å². The fraction of sp³-hybridized carbons (Fsp3) is 0.364. The minimum atomic E-state index is 0.469. The van der Waals surface area contributed by atoms with Gasteiger partial charge >= 0.3 is 0 Å². The van der Waals surface area contributed by atoms with Crippen LogP contribution in [-0.2, 0) is 6.54 Å². The third kappa shape index (κ3) is 2.43. The van der Waals surface area contributed by atoms with Gasteiger partial charge in [-0.1, -0.05) is 18.1 Å². The maximum atomic E-state index is 5.14. The van der Waals surface area contributed by atoms with E-state index in [0.29, 0.717) is 18.3 Å². The highest BCUT2D eigenvalue weighted by molar-refractivity contribution is 5.46. The minimum Gasteiger partial charge on any atom is -0.332 e. The lowest BCUT2D eigenvalue weighted by atomic mass is 10.3. The summed E-state index contributed by atoms with van der Waals surface area (Å²) in [4.78, 5) is 8.58. The molecule has 0 aliphatic rings. The second kappa shape index (κ2) is 4.85. The third-order valence-corrected chi connectivity index (χ3v) is 2.11. The fourth-order valence-electron chi connectivity index (χ4n) is 1.33. The van der Waals surface area contributed by atoms with Crippen molar-refractivity contribution >= 4 is 0 Å². The molecule has 84 valence electrons. The summed E-state index contributed by atoms with van der Waals surface area (Å²) in [5.41, 5.74) is 1.65. The van der Waals surface area contributed by atoms with Crippen LogP contribution in [-0.4, -0.2) is 21.7 Å². The molecule has 0 aliphatic carbocycles. The number of pyridine rings is 1. The Morgan fingerprint density at radius 1 is 1.31 bits per heavy atom. The molecule has 0 unspecified atom stereocenters. The minimum absolute atomic E-state index is 0.469. The molecular formula is C11H14N4O. The zero-order chi connectivity index (χ0) is 11.4. The van der Waals surface area contributed by atoms with E-state index >= 15 is 0 Å². The molecule has 0 radical (unpaired) electrons. The molecular weight excluding hydrogens is 204 g/mol. The first kappa shape index (κ1) is 10.8. The number of aryl methyl sites for hydroxylation is 1. The second-order valence-corrected chi connectivity index (χ2v) is 3.46. The van der Waals surface area contributed by atoms with Gasteiger partial charge in [0.05, 0.1) is 6.54 Å². The lowest BCUT2D eigenvalue weighted by molar-refractivity contribution is 0.418. The van der Waals surface area contributed by atoms with E-state index in [1.54, 1.807) is 0 Å². The fourth-order valence-corrected chi connectivity index (χ4v) is 1.33. The number of nitrogens with zero attached hydrogens (tertiary/aromatic N) is 3. The van der Waals surface area contributed by atoms with Crippen molar-refractivity contribution in [2.45, 2.75) is 20.4 Å². The van der Waals surface area contributed by atoms with Crippen LogP contribution in [0.4, 0.5) is 0 Å². The van der Waals surface area contributed by atoms with Crippen LogP contribution in [0, 0.1) is 6.92 Å². The molecule has 16 heavy (non-hydrogen) atoms. The highest BCUT2D eigenvalue weighted by atomic mass is 16.5. The van der Waals surface area contributed by atoms with Crippen LogP contribution in [0.2, 0.25) is 0 Å². The average molecular weight is 218 g/mol. The van der Waals surface area contributed by atoms with E-state index in [0.717, 1.165) is 17.9 Å². The zero-order valence-electron chi connectivity index (χ0n) is 9.40. The first-order valence-electron chi connectivity index (χ1n) is 5.27. The second-order valence-electron chi connectivity index (χ2n) is 3.46. The molecule has 0 aliphatic heterocycles. The molecule has 5 nitrogen and oxygen atoms in total. The molecule has 5 heteroatoms. The van der Waals surface area contributed by atoms with E-state index in [1.165, 1.54) is 0 Å². The van der Waals surface area contributed by atoms with E-state index < -0.39 is 0 Å². The number of hydrogen-bond donors (Lipinski definition) is 1. The lowest BCUT2D eigenvalue weighted by Gasteiger charge is -1.94. The van der Waals surface area contributed by atoms with Gasteiger partial charge in [0.25, 0.3) is 5.89 Å². The van der Waals surface area contributed by atoms with Gasteiger partial charge in [0.15, 0.2) is 5.82 Å². The lowest BCUT2D eigenvalue weighted by Crippen LogP contribution is -2.12. The highest BCUT2D eigenvalue weighted by Crippen LogP contribution is 2.14. The van der Waals surface area contributed by atoms with Gasteiger partial charge in [-0.15, -0.1) is 0 Å². The molecule has 0 saturated heterocycles. The van der Waals surface area contributed by atoms with Crippen LogP contribution >= 0.6 is 0 Å². The van der Waals surface area contributed by atoms with Gasteiger partial charge in [-0.25, -0.2) is 4.98 Å². The summed E-state index contributed by atoms with van der Waals surface area (Å²) >= 11 is 0. The summed E-state index contributed by atoms with van der Waals surface area (Å²) in [6, 6.07) is 5.71. The first-order chi connectivity index (χ1) is 7.79. The predicted octanol–water partition coefficient (Wildman–Crippen LogP) is 1.55. The molecule has 0 atom stereocenters. The quantitative estimate of drug-likeness (QED) is 0.843. The summed E-state index contributed by atoms with van der Waals surface area (Å²) < 4.78 is 5.14. The van der Waals surface area contributed by atoms with E-state index in [-0.39, 0.29) is 0 Å². The van der Waals surface area contributed by atoms with Crippen molar-refractivity contribution in [2.75, 3.05) is 6.54 Å². The molecule has 0 spiro atoms.